The Balaban J connectivity index is 1.90. The van der Waals surface area contributed by atoms with Crippen molar-refractivity contribution in [3.63, 3.8) is 0 Å². The van der Waals surface area contributed by atoms with E-state index in [4.69, 9.17) is 16.7 Å². The summed E-state index contributed by atoms with van der Waals surface area (Å²) in [4.78, 5) is 26.0. The normalized spacial score (nSPS) is 17.4. The maximum absolute atomic E-state index is 12.5. The van der Waals surface area contributed by atoms with Crippen molar-refractivity contribution < 1.29 is 14.7 Å². The summed E-state index contributed by atoms with van der Waals surface area (Å²) in [6.07, 6.45) is 1.69. The fourth-order valence-electron chi connectivity index (χ4n) is 3.30. The Hall–Kier alpha value is -1.59. The van der Waals surface area contributed by atoms with E-state index in [-0.39, 0.29) is 24.2 Å². The topological polar surface area (TPSA) is 69.6 Å². The van der Waals surface area contributed by atoms with Crippen LogP contribution in [0.15, 0.2) is 24.3 Å². The second-order valence-corrected chi connectivity index (χ2v) is 7.43. The lowest BCUT2D eigenvalue weighted by Gasteiger charge is -2.34. The zero-order valence-corrected chi connectivity index (χ0v) is 15.6. The van der Waals surface area contributed by atoms with Crippen LogP contribution in [0.25, 0.3) is 0 Å². The molecule has 0 radical (unpaired) electrons. The van der Waals surface area contributed by atoms with Gasteiger partial charge in [-0.15, -0.1) is 0 Å². The number of carboxylic acids is 1. The zero-order chi connectivity index (χ0) is 18.4. The highest BCUT2D eigenvalue weighted by Gasteiger charge is 2.26. The Morgan fingerprint density at radius 3 is 2.36 bits per heavy atom. The minimum Gasteiger partial charge on any atom is -0.481 e. The molecule has 0 spiro atoms. The van der Waals surface area contributed by atoms with Crippen molar-refractivity contribution in [2.75, 3.05) is 19.6 Å². The Bertz CT molecular complexity index is 581. The van der Waals surface area contributed by atoms with E-state index in [1.165, 1.54) is 0 Å². The molecule has 0 bridgehead atoms. The average molecular weight is 367 g/mol. The van der Waals surface area contributed by atoms with Gasteiger partial charge in [-0.25, -0.2) is 0 Å². The SMILES string of the molecule is CC(C)N1CCC(C(=O)NC[C@H](CC(=O)O)c2ccc(Cl)cc2)CC1. The van der Waals surface area contributed by atoms with Gasteiger partial charge < -0.3 is 15.3 Å². The van der Waals surface area contributed by atoms with E-state index in [0.717, 1.165) is 31.5 Å². The molecular weight excluding hydrogens is 340 g/mol. The molecule has 0 saturated carbocycles. The summed E-state index contributed by atoms with van der Waals surface area (Å²) in [6.45, 7) is 6.54. The Morgan fingerprint density at radius 1 is 1.24 bits per heavy atom. The molecule has 0 aromatic heterocycles. The predicted octanol–water partition coefficient (Wildman–Crippen LogP) is 3.13. The minimum absolute atomic E-state index is 0.0192. The Labute approximate surface area is 154 Å². The maximum Gasteiger partial charge on any atom is 0.304 e. The molecule has 1 heterocycles. The van der Waals surface area contributed by atoms with E-state index in [2.05, 4.69) is 24.1 Å². The van der Waals surface area contributed by atoms with Crippen LogP contribution in [0.1, 0.15) is 44.6 Å². The van der Waals surface area contributed by atoms with Gasteiger partial charge in [-0.2, -0.15) is 0 Å². The molecule has 5 nitrogen and oxygen atoms in total. The molecule has 2 rings (SSSR count). The number of hydrogen-bond acceptors (Lipinski definition) is 3. The van der Waals surface area contributed by atoms with Gasteiger partial charge in [0.05, 0.1) is 6.42 Å². The first-order chi connectivity index (χ1) is 11.9. The number of carboxylic acid groups (broad SMARTS) is 1. The third-order valence-corrected chi connectivity index (χ3v) is 5.17. The van der Waals surface area contributed by atoms with E-state index < -0.39 is 5.97 Å². The van der Waals surface area contributed by atoms with Crippen LogP contribution < -0.4 is 5.32 Å². The van der Waals surface area contributed by atoms with Gasteiger partial charge in [-0.05, 0) is 57.5 Å². The van der Waals surface area contributed by atoms with Crippen molar-refractivity contribution in [3.05, 3.63) is 34.9 Å². The van der Waals surface area contributed by atoms with Crippen LogP contribution >= 0.6 is 11.6 Å². The molecule has 6 heteroatoms. The number of hydrogen-bond donors (Lipinski definition) is 2. The lowest BCUT2D eigenvalue weighted by atomic mass is 9.93. The van der Waals surface area contributed by atoms with Crippen LogP contribution in [-0.4, -0.2) is 47.6 Å². The highest BCUT2D eigenvalue weighted by molar-refractivity contribution is 6.30. The number of halogens is 1. The van der Waals surface area contributed by atoms with Gasteiger partial charge in [0.2, 0.25) is 5.91 Å². The minimum atomic E-state index is -0.876. The van der Waals surface area contributed by atoms with Crippen molar-refractivity contribution >= 4 is 23.5 Å². The number of carbonyl (C=O) groups excluding carboxylic acids is 1. The van der Waals surface area contributed by atoms with Crippen LogP contribution in [0, 0.1) is 5.92 Å². The van der Waals surface area contributed by atoms with Crippen molar-refractivity contribution in [2.45, 2.75) is 45.1 Å². The molecule has 1 aromatic carbocycles. The van der Waals surface area contributed by atoms with Crippen molar-refractivity contribution in [2.24, 2.45) is 5.92 Å². The third-order valence-electron chi connectivity index (χ3n) is 4.92. The smallest absolute Gasteiger partial charge is 0.304 e. The molecule has 138 valence electrons. The second-order valence-electron chi connectivity index (χ2n) is 7.00. The number of nitrogens with one attached hydrogen (secondary N) is 1. The average Bonchev–Trinajstić information content (AvgIpc) is 2.59. The summed E-state index contributed by atoms with van der Waals surface area (Å²) in [5.74, 6) is -1.08. The molecule has 1 atom stereocenters. The van der Waals surface area contributed by atoms with Crippen LogP contribution in [0.5, 0.6) is 0 Å². The summed E-state index contributed by atoms with van der Waals surface area (Å²) < 4.78 is 0. The lowest BCUT2D eigenvalue weighted by Crippen LogP contribution is -2.43. The van der Waals surface area contributed by atoms with E-state index >= 15 is 0 Å². The number of piperidine rings is 1. The van der Waals surface area contributed by atoms with Gasteiger partial charge in [0.15, 0.2) is 0 Å². The van der Waals surface area contributed by atoms with E-state index in [0.29, 0.717) is 17.6 Å². The fourth-order valence-corrected chi connectivity index (χ4v) is 3.43. The molecule has 25 heavy (non-hydrogen) atoms. The van der Waals surface area contributed by atoms with Crippen molar-refractivity contribution in [1.82, 2.24) is 10.2 Å². The number of aliphatic carboxylic acids is 1. The number of amides is 1. The third kappa shape index (κ3) is 6.01. The standard InChI is InChI=1S/C19H27ClN2O3/c1-13(2)22-9-7-15(8-10-22)19(25)21-12-16(11-18(23)24)14-3-5-17(20)6-4-14/h3-6,13,15-16H,7-12H2,1-2H3,(H,21,25)(H,23,24)/t16-/m0/s1. The summed E-state index contributed by atoms with van der Waals surface area (Å²) in [6, 6.07) is 7.64. The first kappa shape index (κ1) is 19.7. The van der Waals surface area contributed by atoms with Gasteiger partial charge >= 0.3 is 5.97 Å². The molecule has 1 aliphatic heterocycles. The summed E-state index contributed by atoms with van der Waals surface area (Å²) >= 11 is 5.90. The monoisotopic (exact) mass is 366 g/mol. The quantitative estimate of drug-likeness (QED) is 0.777. The molecule has 0 unspecified atom stereocenters. The van der Waals surface area contributed by atoms with Crippen LogP contribution in [0.4, 0.5) is 0 Å². The van der Waals surface area contributed by atoms with Gasteiger partial charge in [-0.3, -0.25) is 9.59 Å². The molecule has 1 saturated heterocycles. The van der Waals surface area contributed by atoms with Crippen molar-refractivity contribution in [1.29, 1.82) is 0 Å². The first-order valence-corrected chi connectivity index (χ1v) is 9.23. The highest BCUT2D eigenvalue weighted by atomic mass is 35.5. The van der Waals surface area contributed by atoms with Gasteiger partial charge in [0, 0.05) is 29.4 Å². The van der Waals surface area contributed by atoms with E-state index in [9.17, 15) is 9.59 Å². The number of benzene rings is 1. The number of likely N-dealkylation sites (tertiary alicyclic amines) is 1. The number of carbonyl (C=O) groups is 2. The fraction of sp³-hybridized carbons (Fsp3) is 0.579. The molecule has 1 amide bonds. The predicted molar refractivity (Wildman–Crippen MR) is 98.9 cm³/mol. The summed E-state index contributed by atoms with van der Waals surface area (Å²) in [5, 5.41) is 12.7. The molecule has 1 fully saturated rings. The Morgan fingerprint density at radius 2 is 1.84 bits per heavy atom. The van der Waals surface area contributed by atoms with E-state index in [1.54, 1.807) is 12.1 Å². The molecule has 0 aliphatic carbocycles. The highest BCUT2D eigenvalue weighted by Crippen LogP contribution is 2.23. The number of rotatable bonds is 7. The second kappa shape index (κ2) is 9.20. The van der Waals surface area contributed by atoms with Gasteiger partial charge in [0.25, 0.3) is 0 Å². The van der Waals surface area contributed by atoms with Gasteiger partial charge in [0.1, 0.15) is 0 Å². The summed E-state index contributed by atoms with van der Waals surface area (Å²) in [5.41, 5.74) is 0.877. The van der Waals surface area contributed by atoms with E-state index in [1.807, 2.05) is 12.1 Å². The Kier molecular flexibility index (Phi) is 7.26. The van der Waals surface area contributed by atoms with Gasteiger partial charge in [-0.1, -0.05) is 23.7 Å². The van der Waals surface area contributed by atoms with Crippen LogP contribution in [0.2, 0.25) is 5.02 Å². The van der Waals surface area contributed by atoms with Crippen molar-refractivity contribution in [3.8, 4) is 0 Å². The largest absolute Gasteiger partial charge is 0.481 e. The lowest BCUT2D eigenvalue weighted by molar-refractivity contribution is -0.137. The molecule has 1 aliphatic rings. The zero-order valence-electron chi connectivity index (χ0n) is 14.9. The first-order valence-electron chi connectivity index (χ1n) is 8.86. The molecule has 1 aromatic rings. The summed E-state index contributed by atoms with van der Waals surface area (Å²) in [7, 11) is 0. The maximum atomic E-state index is 12.5. The molecule has 2 N–H and O–H groups in total. The number of nitrogens with zero attached hydrogens (tertiary/aromatic N) is 1. The molecular formula is C19H27ClN2O3. The van der Waals surface area contributed by atoms with Crippen LogP contribution in [0.3, 0.4) is 0 Å². The van der Waals surface area contributed by atoms with Crippen LogP contribution in [-0.2, 0) is 9.59 Å².